The van der Waals surface area contributed by atoms with E-state index in [1.165, 1.54) is 0 Å². The fraction of sp³-hybridized carbons (Fsp3) is 0.533. The molecule has 0 aromatic heterocycles. The van der Waals surface area contributed by atoms with Crippen molar-refractivity contribution in [1.82, 2.24) is 4.90 Å². The lowest BCUT2D eigenvalue weighted by atomic mass is 9.74. The molecule has 0 saturated heterocycles. The maximum Gasteiger partial charge on any atom is 0.314 e. The second-order valence-corrected chi connectivity index (χ2v) is 5.06. The van der Waals surface area contributed by atoms with E-state index in [2.05, 4.69) is 0 Å². The van der Waals surface area contributed by atoms with Crippen LogP contribution in [0, 0.1) is 0 Å². The number of rotatable bonds is 7. The predicted octanol–water partition coefficient (Wildman–Crippen LogP) is 3.18. The molecule has 0 aliphatic heterocycles. The van der Waals surface area contributed by atoms with E-state index in [4.69, 9.17) is 0 Å². The number of carboxylic acids is 1. The molecule has 0 radical (unpaired) electrons. The first-order chi connectivity index (χ1) is 8.53. The van der Waals surface area contributed by atoms with Gasteiger partial charge in [0.2, 0.25) is 0 Å². The Hall–Kier alpha value is -1.06. The van der Waals surface area contributed by atoms with Crippen LogP contribution in [0.25, 0.3) is 0 Å². The van der Waals surface area contributed by atoms with Gasteiger partial charge >= 0.3 is 5.97 Å². The average Bonchev–Trinajstić information content (AvgIpc) is 2.35. The number of aliphatic carboxylic acids is 1. The zero-order valence-corrected chi connectivity index (χ0v) is 12.7. The summed E-state index contributed by atoms with van der Waals surface area (Å²) in [5, 5.41) is 9.70. The van der Waals surface area contributed by atoms with E-state index in [-0.39, 0.29) is 12.4 Å². The summed E-state index contributed by atoms with van der Waals surface area (Å²) in [6.07, 6.45) is 2.20. The van der Waals surface area contributed by atoms with E-state index in [1.54, 1.807) is 0 Å². The van der Waals surface area contributed by atoms with Crippen LogP contribution in [-0.4, -0.2) is 36.6 Å². The Bertz CT molecular complexity index is 381. The highest BCUT2D eigenvalue weighted by molar-refractivity contribution is 5.85. The first-order valence-corrected chi connectivity index (χ1v) is 6.46. The normalized spacial score (nSPS) is 13.7. The van der Waals surface area contributed by atoms with Crippen LogP contribution in [0.5, 0.6) is 0 Å². The summed E-state index contributed by atoms with van der Waals surface area (Å²) in [4.78, 5) is 13.8. The number of halogens is 1. The van der Waals surface area contributed by atoms with E-state index in [0.717, 1.165) is 18.5 Å². The molecule has 0 aliphatic carbocycles. The van der Waals surface area contributed by atoms with Crippen molar-refractivity contribution < 1.29 is 9.90 Å². The van der Waals surface area contributed by atoms with Crippen LogP contribution in [0.15, 0.2) is 30.3 Å². The SMILES string of the molecule is CCCC(CCN(C)C)(C(=O)O)c1ccccc1.Cl. The molecule has 1 aromatic carbocycles. The maximum absolute atomic E-state index is 11.8. The summed E-state index contributed by atoms with van der Waals surface area (Å²) in [6.45, 7) is 2.82. The largest absolute Gasteiger partial charge is 0.481 e. The first-order valence-electron chi connectivity index (χ1n) is 6.46. The van der Waals surface area contributed by atoms with Gasteiger partial charge in [-0.2, -0.15) is 0 Å². The maximum atomic E-state index is 11.8. The van der Waals surface area contributed by atoms with Gasteiger partial charge in [0, 0.05) is 0 Å². The molecule has 4 heteroatoms. The number of hydrogen-bond acceptors (Lipinski definition) is 2. The molecule has 1 rings (SSSR count). The molecule has 0 amide bonds. The zero-order valence-electron chi connectivity index (χ0n) is 11.9. The summed E-state index contributed by atoms with van der Waals surface area (Å²) in [5.41, 5.74) is 0.168. The first kappa shape index (κ1) is 17.9. The minimum Gasteiger partial charge on any atom is -0.481 e. The van der Waals surface area contributed by atoms with Gasteiger partial charge in [-0.3, -0.25) is 4.79 Å². The Morgan fingerprint density at radius 2 is 1.79 bits per heavy atom. The Morgan fingerprint density at radius 3 is 2.21 bits per heavy atom. The molecule has 1 aromatic rings. The van der Waals surface area contributed by atoms with Gasteiger partial charge in [-0.1, -0.05) is 43.7 Å². The highest BCUT2D eigenvalue weighted by Gasteiger charge is 2.38. The van der Waals surface area contributed by atoms with Gasteiger partial charge in [0.05, 0.1) is 5.41 Å². The second-order valence-electron chi connectivity index (χ2n) is 5.06. The molecule has 0 bridgehead atoms. The lowest BCUT2D eigenvalue weighted by Crippen LogP contribution is -2.38. The molecule has 19 heavy (non-hydrogen) atoms. The minimum absolute atomic E-state index is 0. The van der Waals surface area contributed by atoms with Crippen LogP contribution in [0.3, 0.4) is 0 Å². The molecule has 1 unspecified atom stereocenters. The Kier molecular flexibility index (Phi) is 7.72. The lowest BCUT2D eigenvalue weighted by Gasteiger charge is -2.31. The molecule has 0 heterocycles. The zero-order chi connectivity index (χ0) is 13.6. The van der Waals surface area contributed by atoms with Gasteiger partial charge in [0.25, 0.3) is 0 Å². The highest BCUT2D eigenvalue weighted by atomic mass is 35.5. The number of hydrogen-bond donors (Lipinski definition) is 1. The molecular weight excluding hydrogens is 262 g/mol. The number of carbonyl (C=O) groups is 1. The van der Waals surface area contributed by atoms with Gasteiger partial charge in [0.1, 0.15) is 0 Å². The van der Waals surface area contributed by atoms with Gasteiger partial charge in [-0.05, 0) is 39.0 Å². The van der Waals surface area contributed by atoms with Crippen LogP contribution in [0.4, 0.5) is 0 Å². The molecule has 0 saturated carbocycles. The van der Waals surface area contributed by atoms with Gasteiger partial charge in [-0.15, -0.1) is 12.4 Å². The van der Waals surface area contributed by atoms with Gasteiger partial charge in [-0.25, -0.2) is 0 Å². The highest BCUT2D eigenvalue weighted by Crippen LogP contribution is 2.33. The van der Waals surface area contributed by atoms with E-state index in [0.29, 0.717) is 12.8 Å². The fourth-order valence-corrected chi connectivity index (χ4v) is 2.35. The Balaban J connectivity index is 0.00000324. The second kappa shape index (κ2) is 8.18. The topological polar surface area (TPSA) is 40.5 Å². The Morgan fingerprint density at radius 1 is 1.21 bits per heavy atom. The van der Waals surface area contributed by atoms with Crippen LogP contribution < -0.4 is 0 Å². The monoisotopic (exact) mass is 285 g/mol. The molecule has 1 N–H and O–H groups in total. The fourth-order valence-electron chi connectivity index (χ4n) is 2.35. The van der Waals surface area contributed by atoms with Crippen molar-refractivity contribution in [1.29, 1.82) is 0 Å². The summed E-state index contributed by atoms with van der Waals surface area (Å²) < 4.78 is 0. The lowest BCUT2D eigenvalue weighted by molar-refractivity contribution is -0.144. The van der Waals surface area contributed by atoms with Crippen LogP contribution in [0.2, 0.25) is 0 Å². The summed E-state index contributed by atoms with van der Waals surface area (Å²) >= 11 is 0. The molecule has 0 fully saturated rings. The molecule has 1 atom stereocenters. The van der Waals surface area contributed by atoms with Crippen molar-refractivity contribution in [3.05, 3.63) is 35.9 Å². The number of benzene rings is 1. The van der Waals surface area contributed by atoms with E-state index < -0.39 is 11.4 Å². The van der Waals surface area contributed by atoms with Crippen molar-refractivity contribution in [2.24, 2.45) is 0 Å². The smallest absolute Gasteiger partial charge is 0.314 e. The third kappa shape index (κ3) is 4.51. The molecule has 0 aliphatic rings. The van der Waals surface area contributed by atoms with Crippen molar-refractivity contribution in [2.75, 3.05) is 20.6 Å². The van der Waals surface area contributed by atoms with Gasteiger partial charge in [0.15, 0.2) is 0 Å². The summed E-state index contributed by atoms with van der Waals surface area (Å²) in [5.74, 6) is -0.711. The Labute approximate surface area is 122 Å². The van der Waals surface area contributed by atoms with Crippen molar-refractivity contribution in [3.8, 4) is 0 Å². The standard InChI is InChI=1S/C15H23NO2.ClH/c1-4-10-15(14(17)18,11-12-16(2)3)13-8-6-5-7-9-13;/h5-9H,4,10-12H2,1-3H3,(H,17,18);1H. The summed E-state index contributed by atoms with van der Waals surface area (Å²) in [6, 6.07) is 9.61. The average molecular weight is 286 g/mol. The van der Waals surface area contributed by atoms with Crippen molar-refractivity contribution in [3.63, 3.8) is 0 Å². The molecule has 3 nitrogen and oxygen atoms in total. The number of carboxylic acid groups (broad SMARTS) is 1. The quantitative estimate of drug-likeness (QED) is 0.836. The minimum atomic E-state index is -0.750. The molecular formula is C15H24ClNO2. The van der Waals surface area contributed by atoms with Gasteiger partial charge < -0.3 is 10.0 Å². The molecule has 108 valence electrons. The third-order valence-electron chi connectivity index (χ3n) is 3.40. The number of nitrogens with zero attached hydrogens (tertiary/aromatic N) is 1. The van der Waals surface area contributed by atoms with E-state index in [1.807, 2.05) is 56.3 Å². The summed E-state index contributed by atoms with van der Waals surface area (Å²) in [7, 11) is 3.95. The van der Waals surface area contributed by atoms with Crippen LogP contribution in [0.1, 0.15) is 31.7 Å². The predicted molar refractivity (Wildman–Crippen MR) is 81.1 cm³/mol. The van der Waals surface area contributed by atoms with Crippen LogP contribution in [-0.2, 0) is 10.2 Å². The molecule has 0 spiro atoms. The van der Waals surface area contributed by atoms with Crippen molar-refractivity contribution in [2.45, 2.75) is 31.6 Å². The van der Waals surface area contributed by atoms with Crippen LogP contribution >= 0.6 is 12.4 Å². The van der Waals surface area contributed by atoms with E-state index >= 15 is 0 Å². The third-order valence-corrected chi connectivity index (χ3v) is 3.40. The van der Waals surface area contributed by atoms with Crippen molar-refractivity contribution >= 4 is 18.4 Å². The van der Waals surface area contributed by atoms with E-state index in [9.17, 15) is 9.90 Å².